The fourth-order valence-corrected chi connectivity index (χ4v) is 3.08. The van der Waals surface area contributed by atoms with Crippen molar-refractivity contribution in [3.05, 3.63) is 77.9 Å². The zero-order valence-electron chi connectivity index (χ0n) is 19.3. The normalized spacial score (nSPS) is 10.2. The molecule has 0 aliphatic rings. The summed E-state index contributed by atoms with van der Waals surface area (Å²) >= 11 is 0. The van der Waals surface area contributed by atoms with Gasteiger partial charge in [-0.1, -0.05) is 30.3 Å². The molecule has 3 aromatic carbocycles. The molecule has 8 nitrogen and oxygen atoms in total. The van der Waals surface area contributed by atoms with Gasteiger partial charge in [-0.2, -0.15) is 0 Å². The van der Waals surface area contributed by atoms with Gasteiger partial charge in [0.2, 0.25) is 0 Å². The lowest BCUT2D eigenvalue weighted by atomic mass is 10.2. The van der Waals surface area contributed by atoms with Crippen LogP contribution in [-0.4, -0.2) is 45.9 Å². The monoisotopic (exact) mass is 465 g/mol. The van der Waals surface area contributed by atoms with Crippen LogP contribution in [0.4, 0.5) is 5.69 Å². The first-order chi connectivity index (χ1) is 16.5. The van der Waals surface area contributed by atoms with Gasteiger partial charge in [-0.25, -0.2) is 4.79 Å². The third-order valence-corrected chi connectivity index (χ3v) is 4.81. The molecule has 0 heterocycles. The minimum atomic E-state index is -0.521. The van der Waals surface area contributed by atoms with Gasteiger partial charge >= 0.3 is 5.97 Å². The highest BCUT2D eigenvalue weighted by molar-refractivity contribution is 5.93. The summed E-state index contributed by atoms with van der Waals surface area (Å²) in [5, 5.41) is 2.73. The van der Waals surface area contributed by atoms with Crippen molar-refractivity contribution in [3.63, 3.8) is 0 Å². The number of ether oxygens (including phenoxy) is 5. The van der Waals surface area contributed by atoms with Crippen LogP contribution >= 0.6 is 0 Å². The van der Waals surface area contributed by atoms with E-state index < -0.39 is 5.97 Å². The lowest BCUT2D eigenvalue weighted by molar-refractivity contribution is -0.118. The molecule has 3 aromatic rings. The number of amides is 1. The molecule has 0 unspecified atom stereocenters. The number of nitrogens with one attached hydrogen (secondary N) is 1. The summed E-state index contributed by atoms with van der Waals surface area (Å²) in [4.78, 5) is 24.7. The van der Waals surface area contributed by atoms with Crippen LogP contribution in [0, 0.1) is 6.92 Å². The minimum Gasteiger partial charge on any atom is -0.495 e. The Morgan fingerprint density at radius 3 is 2.21 bits per heavy atom. The first-order valence-corrected chi connectivity index (χ1v) is 10.6. The summed E-state index contributed by atoms with van der Waals surface area (Å²) < 4.78 is 27.0. The van der Waals surface area contributed by atoms with Crippen molar-refractivity contribution in [3.8, 4) is 23.0 Å². The second kappa shape index (κ2) is 12.2. The fourth-order valence-electron chi connectivity index (χ4n) is 3.08. The van der Waals surface area contributed by atoms with Crippen LogP contribution in [-0.2, 0) is 9.53 Å². The lowest BCUT2D eigenvalue weighted by Crippen LogP contribution is -2.20. The van der Waals surface area contributed by atoms with Crippen molar-refractivity contribution >= 4 is 17.6 Å². The zero-order chi connectivity index (χ0) is 24.3. The van der Waals surface area contributed by atoms with Gasteiger partial charge in [-0.15, -0.1) is 0 Å². The Balaban J connectivity index is 1.51. The van der Waals surface area contributed by atoms with Gasteiger partial charge in [-0.05, 0) is 48.9 Å². The van der Waals surface area contributed by atoms with E-state index in [1.807, 2.05) is 31.2 Å². The molecular weight excluding hydrogens is 438 g/mol. The number of hydrogen-bond donors (Lipinski definition) is 1. The van der Waals surface area contributed by atoms with E-state index in [0.717, 1.165) is 11.3 Å². The van der Waals surface area contributed by atoms with E-state index in [0.29, 0.717) is 28.5 Å². The van der Waals surface area contributed by atoms with Crippen molar-refractivity contribution in [2.75, 3.05) is 39.4 Å². The maximum Gasteiger partial charge on any atom is 0.338 e. The number of carbonyl (C=O) groups is 2. The van der Waals surface area contributed by atoms with E-state index in [1.165, 1.54) is 20.3 Å². The van der Waals surface area contributed by atoms with Gasteiger partial charge in [-0.3, -0.25) is 4.79 Å². The maximum atomic E-state index is 12.4. The van der Waals surface area contributed by atoms with Crippen LogP contribution in [0.15, 0.2) is 66.7 Å². The van der Waals surface area contributed by atoms with E-state index in [-0.39, 0.29) is 25.7 Å². The molecule has 0 atom stereocenters. The molecule has 0 aliphatic carbocycles. The van der Waals surface area contributed by atoms with E-state index in [4.69, 9.17) is 23.7 Å². The van der Waals surface area contributed by atoms with Crippen LogP contribution in [0.25, 0.3) is 0 Å². The standard InChI is InChI=1S/C26H27NO7/c1-18-8-4-6-10-21(18)32-14-15-33-26(29)19-12-13-23(24(16-19)31-3)34-17-25(28)27-20-9-5-7-11-22(20)30-2/h4-13,16H,14-15,17H2,1-3H3,(H,27,28). The minimum absolute atomic E-state index is 0.0941. The Kier molecular flexibility index (Phi) is 8.73. The van der Waals surface area contributed by atoms with E-state index in [2.05, 4.69) is 5.32 Å². The second-order valence-electron chi connectivity index (χ2n) is 7.15. The molecule has 0 aliphatic heterocycles. The topological polar surface area (TPSA) is 92.3 Å². The Morgan fingerprint density at radius 1 is 0.765 bits per heavy atom. The molecule has 0 bridgehead atoms. The van der Waals surface area contributed by atoms with Crippen molar-refractivity contribution in [2.45, 2.75) is 6.92 Å². The molecule has 178 valence electrons. The summed E-state index contributed by atoms with van der Waals surface area (Å²) in [6, 6.07) is 19.3. The predicted octanol–water partition coefficient (Wildman–Crippen LogP) is 4.27. The highest BCUT2D eigenvalue weighted by atomic mass is 16.6. The molecule has 1 amide bonds. The highest BCUT2D eigenvalue weighted by Gasteiger charge is 2.14. The third-order valence-electron chi connectivity index (χ3n) is 4.81. The summed E-state index contributed by atoms with van der Waals surface area (Å²) in [6.45, 7) is 2.01. The van der Waals surface area contributed by atoms with Crippen LogP contribution in [0.2, 0.25) is 0 Å². The van der Waals surface area contributed by atoms with E-state index >= 15 is 0 Å². The third kappa shape index (κ3) is 6.65. The fraction of sp³-hybridized carbons (Fsp3) is 0.231. The molecule has 0 aromatic heterocycles. The average molecular weight is 466 g/mol. The number of hydrogen-bond acceptors (Lipinski definition) is 7. The Labute approximate surface area is 198 Å². The van der Waals surface area contributed by atoms with Gasteiger partial charge in [0.1, 0.15) is 24.7 Å². The maximum absolute atomic E-state index is 12.4. The molecule has 3 rings (SSSR count). The van der Waals surface area contributed by atoms with Crippen molar-refractivity contribution in [2.24, 2.45) is 0 Å². The summed E-state index contributed by atoms with van der Waals surface area (Å²) in [6.07, 6.45) is 0. The van der Waals surface area contributed by atoms with Crippen molar-refractivity contribution < 1.29 is 33.3 Å². The number of benzene rings is 3. The van der Waals surface area contributed by atoms with Crippen LogP contribution < -0.4 is 24.3 Å². The molecule has 34 heavy (non-hydrogen) atoms. The SMILES string of the molecule is COc1ccccc1NC(=O)COc1ccc(C(=O)OCCOc2ccccc2C)cc1OC. The van der Waals surface area contributed by atoms with Crippen LogP contribution in [0.3, 0.4) is 0 Å². The molecule has 1 N–H and O–H groups in total. The largest absolute Gasteiger partial charge is 0.495 e. The van der Waals surface area contributed by atoms with Crippen LogP contribution in [0.1, 0.15) is 15.9 Å². The number of rotatable bonds is 11. The van der Waals surface area contributed by atoms with Gasteiger partial charge in [0, 0.05) is 0 Å². The van der Waals surface area contributed by atoms with Crippen LogP contribution in [0.5, 0.6) is 23.0 Å². The number of anilines is 1. The number of carbonyl (C=O) groups excluding carboxylic acids is 2. The Hall–Kier alpha value is -4.20. The number of para-hydroxylation sites is 3. The number of esters is 1. The van der Waals surface area contributed by atoms with E-state index in [9.17, 15) is 9.59 Å². The first-order valence-electron chi connectivity index (χ1n) is 10.6. The summed E-state index contributed by atoms with van der Waals surface area (Å²) in [7, 11) is 2.97. The zero-order valence-corrected chi connectivity index (χ0v) is 19.3. The quantitative estimate of drug-likeness (QED) is 0.334. The predicted molar refractivity (Wildman–Crippen MR) is 127 cm³/mol. The lowest BCUT2D eigenvalue weighted by Gasteiger charge is -2.13. The van der Waals surface area contributed by atoms with Gasteiger partial charge in [0.15, 0.2) is 18.1 Å². The number of methoxy groups -OCH3 is 2. The van der Waals surface area contributed by atoms with Gasteiger partial charge in [0.25, 0.3) is 5.91 Å². The summed E-state index contributed by atoms with van der Waals surface area (Å²) in [5.41, 5.74) is 1.83. The average Bonchev–Trinajstić information content (AvgIpc) is 2.86. The van der Waals surface area contributed by atoms with Crippen molar-refractivity contribution in [1.29, 1.82) is 0 Å². The summed E-state index contributed by atoms with van der Waals surface area (Å²) in [5.74, 6) is 1.01. The molecule has 0 spiro atoms. The molecule has 0 radical (unpaired) electrons. The van der Waals surface area contributed by atoms with E-state index in [1.54, 1.807) is 36.4 Å². The van der Waals surface area contributed by atoms with Gasteiger partial charge in [0.05, 0.1) is 25.5 Å². The molecule has 0 saturated carbocycles. The van der Waals surface area contributed by atoms with Crippen molar-refractivity contribution in [1.82, 2.24) is 0 Å². The Morgan fingerprint density at radius 2 is 1.47 bits per heavy atom. The Bertz CT molecular complexity index is 1130. The molecular formula is C26H27NO7. The highest BCUT2D eigenvalue weighted by Crippen LogP contribution is 2.29. The number of aryl methyl sites for hydroxylation is 1. The smallest absolute Gasteiger partial charge is 0.338 e. The van der Waals surface area contributed by atoms with Gasteiger partial charge < -0.3 is 29.0 Å². The first kappa shape index (κ1) is 24.4. The molecule has 8 heteroatoms. The second-order valence-corrected chi connectivity index (χ2v) is 7.15. The molecule has 0 fully saturated rings. The molecule has 0 saturated heterocycles.